The summed E-state index contributed by atoms with van der Waals surface area (Å²) < 4.78 is 5.08. The summed E-state index contributed by atoms with van der Waals surface area (Å²) >= 11 is 0. The van der Waals surface area contributed by atoms with Crippen LogP contribution < -0.4 is 4.90 Å². The summed E-state index contributed by atoms with van der Waals surface area (Å²) in [6.07, 6.45) is 1.53. The number of carbonyl (C=O) groups is 1. The SMILES string of the molecule is CCOC(=O)c1cnc2ccccc2c1N(C)CCO. The number of likely N-dealkylation sites (N-methyl/N-ethyl adjacent to an activating group) is 1. The normalized spacial score (nSPS) is 10.6. The van der Waals surface area contributed by atoms with Crippen molar-refractivity contribution in [2.75, 3.05) is 31.7 Å². The average molecular weight is 274 g/mol. The van der Waals surface area contributed by atoms with E-state index in [0.717, 1.165) is 16.6 Å². The van der Waals surface area contributed by atoms with Gasteiger partial charge in [-0.1, -0.05) is 18.2 Å². The van der Waals surface area contributed by atoms with Gasteiger partial charge in [-0.25, -0.2) is 4.79 Å². The van der Waals surface area contributed by atoms with Crippen LogP contribution in [0.15, 0.2) is 30.5 Å². The number of aliphatic hydroxyl groups excluding tert-OH is 1. The zero-order chi connectivity index (χ0) is 14.5. The van der Waals surface area contributed by atoms with Gasteiger partial charge < -0.3 is 14.7 Å². The van der Waals surface area contributed by atoms with Crippen molar-refractivity contribution in [3.8, 4) is 0 Å². The minimum Gasteiger partial charge on any atom is -0.462 e. The van der Waals surface area contributed by atoms with Crippen LogP contribution in [0.2, 0.25) is 0 Å². The molecule has 2 aromatic rings. The molecule has 5 nitrogen and oxygen atoms in total. The van der Waals surface area contributed by atoms with Gasteiger partial charge in [0.1, 0.15) is 5.56 Å². The number of rotatable bonds is 5. The van der Waals surface area contributed by atoms with E-state index in [-0.39, 0.29) is 6.61 Å². The van der Waals surface area contributed by atoms with E-state index in [2.05, 4.69) is 4.98 Å². The molecule has 5 heteroatoms. The van der Waals surface area contributed by atoms with Crippen molar-refractivity contribution >= 4 is 22.6 Å². The standard InChI is InChI=1S/C15H18N2O3/c1-3-20-15(19)12-10-16-13-7-5-4-6-11(13)14(12)17(2)8-9-18/h4-7,10,18H,3,8-9H2,1-2H3. The van der Waals surface area contributed by atoms with Crippen LogP contribution >= 0.6 is 0 Å². The number of esters is 1. The Morgan fingerprint density at radius 1 is 1.40 bits per heavy atom. The quantitative estimate of drug-likeness (QED) is 0.843. The summed E-state index contributed by atoms with van der Waals surface area (Å²) in [5.41, 5.74) is 1.96. The highest BCUT2D eigenvalue weighted by molar-refractivity contribution is 6.05. The first kappa shape index (κ1) is 14.3. The van der Waals surface area contributed by atoms with E-state index in [4.69, 9.17) is 9.84 Å². The molecular weight excluding hydrogens is 256 g/mol. The molecule has 106 valence electrons. The van der Waals surface area contributed by atoms with Gasteiger partial charge >= 0.3 is 5.97 Å². The number of hydrogen-bond donors (Lipinski definition) is 1. The molecule has 2 rings (SSSR count). The molecule has 0 aliphatic heterocycles. The predicted molar refractivity (Wildman–Crippen MR) is 78.1 cm³/mol. The van der Waals surface area contributed by atoms with E-state index >= 15 is 0 Å². The molecule has 0 amide bonds. The summed E-state index contributed by atoms with van der Waals surface area (Å²) in [6.45, 7) is 2.52. The van der Waals surface area contributed by atoms with Gasteiger partial charge in [-0.3, -0.25) is 4.98 Å². The number of benzene rings is 1. The van der Waals surface area contributed by atoms with E-state index < -0.39 is 5.97 Å². The largest absolute Gasteiger partial charge is 0.462 e. The molecule has 0 aliphatic carbocycles. The molecule has 0 bridgehead atoms. The number of carbonyl (C=O) groups excluding carboxylic acids is 1. The van der Waals surface area contributed by atoms with E-state index in [0.29, 0.717) is 18.7 Å². The number of aliphatic hydroxyl groups is 1. The molecule has 1 N–H and O–H groups in total. The lowest BCUT2D eigenvalue weighted by Gasteiger charge is -2.22. The second kappa shape index (κ2) is 6.34. The van der Waals surface area contributed by atoms with Crippen molar-refractivity contribution in [1.29, 1.82) is 0 Å². The minimum atomic E-state index is -0.398. The van der Waals surface area contributed by atoms with Crippen molar-refractivity contribution in [1.82, 2.24) is 4.98 Å². The molecule has 0 spiro atoms. The number of nitrogens with zero attached hydrogens (tertiary/aromatic N) is 2. The Kier molecular flexibility index (Phi) is 4.53. The fraction of sp³-hybridized carbons (Fsp3) is 0.333. The average Bonchev–Trinajstić information content (AvgIpc) is 2.46. The predicted octanol–water partition coefficient (Wildman–Crippen LogP) is 1.84. The van der Waals surface area contributed by atoms with Crippen molar-refractivity contribution in [3.05, 3.63) is 36.0 Å². The first-order valence-electron chi connectivity index (χ1n) is 6.56. The van der Waals surface area contributed by atoms with Crippen LogP contribution in [-0.4, -0.2) is 42.9 Å². The van der Waals surface area contributed by atoms with Crippen LogP contribution in [0.4, 0.5) is 5.69 Å². The molecule has 1 aromatic carbocycles. The number of aromatic nitrogens is 1. The molecule has 0 saturated heterocycles. The maximum absolute atomic E-state index is 12.1. The Morgan fingerprint density at radius 3 is 2.85 bits per heavy atom. The molecule has 1 aromatic heterocycles. The van der Waals surface area contributed by atoms with Gasteiger partial charge in [0.25, 0.3) is 0 Å². The van der Waals surface area contributed by atoms with Crippen molar-refractivity contribution in [2.45, 2.75) is 6.92 Å². The number of hydrogen-bond acceptors (Lipinski definition) is 5. The molecule has 0 unspecified atom stereocenters. The first-order valence-corrected chi connectivity index (χ1v) is 6.56. The highest BCUT2D eigenvalue weighted by Crippen LogP contribution is 2.29. The van der Waals surface area contributed by atoms with Crippen molar-refractivity contribution in [2.24, 2.45) is 0 Å². The third-order valence-electron chi connectivity index (χ3n) is 3.06. The van der Waals surface area contributed by atoms with Crippen LogP contribution in [0.1, 0.15) is 17.3 Å². The molecule has 20 heavy (non-hydrogen) atoms. The van der Waals surface area contributed by atoms with E-state index in [9.17, 15) is 4.79 Å². The Bertz CT molecular complexity index is 613. The Balaban J connectivity index is 2.61. The summed E-state index contributed by atoms with van der Waals surface area (Å²) in [5.74, 6) is -0.398. The van der Waals surface area contributed by atoms with E-state index in [1.165, 1.54) is 6.20 Å². The lowest BCUT2D eigenvalue weighted by atomic mass is 10.1. The molecule has 0 atom stereocenters. The number of fused-ring (bicyclic) bond motifs is 1. The summed E-state index contributed by atoms with van der Waals surface area (Å²) in [4.78, 5) is 18.2. The van der Waals surface area contributed by atoms with E-state index in [1.54, 1.807) is 6.92 Å². The van der Waals surface area contributed by atoms with Crippen LogP contribution in [0.3, 0.4) is 0 Å². The van der Waals surface area contributed by atoms with Crippen molar-refractivity contribution < 1.29 is 14.6 Å². The minimum absolute atomic E-state index is 0.00934. The van der Waals surface area contributed by atoms with E-state index in [1.807, 2.05) is 36.2 Å². The second-order valence-corrected chi connectivity index (χ2v) is 4.40. The van der Waals surface area contributed by atoms with Crippen molar-refractivity contribution in [3.63, 3.8) is 0 Å². The maximum Gasteiger partial charge on any atom is 0.341 e. The van der Waals surface area contributed by atoms with Gasteiger partial charge in [0.05, 0.1) is 24.4 Å². The summed E-state index contributed by atoms with van der Waals surface area (Å²) in [7, 11) is 1.83. The summed E-state index contributed by atoms with van der Waals surface area (Å²) in [5, 5.41) is 10.00. The smallest absolute Gasteiger partial charge is 0.341 e. The molecule has 0 aliphatic rings. The number of ether oxygens (including phenoxy) is 1. The van der Waals surface area contributed by atoms with Gasteiger partial charge in [-0.2, -0.15) is 0 Å². The van der Waals surface area contributed by atoms with Crippen LogP contribution in [-0.2, 0) is 4.74 Å². The molecule has 0 fully saturated rings. The van der Waals surface area contributed by atoms with Gasteiger partial charge in [-0.15, -0.1) is 0 Å². The molecule has 1 heterocycles. The van der Waals surface area contributed by atoms with Crippen LogP contribution in [0.25, 0.3) is 10.9 Å². The van der Waals surface area contributed by atoms with Gasteiger partial charge in [0, 0.05) is 25.2 Å². The topological polar surface area (TPSA) is 62.7 Å². The second-order valence-electron chi connectivity index (χ2n) is 4.40. The van der Waals surface area contributed by atoms with Crippen LogP contribution in [0.5, 0.6) is 0 Å². The third-order valence-corrected chi connectivity index (χ3v) is 3.06. The van der Waals surface area contributed by atoms with Gasteiger partial charge in [0.15, 0.2) is 0 Å². The monoisotopic (exact) mass is 274 g/mol. The fourth-order valence-electron chi connectivity index (χ4n) is 2.16. The number of pyridine rings is 1. The zero-order valence-corrected chi connectivity index (χ0v) is 11.7. The molecular formula is C15H18N2O3. The summed E-state index contributed by atoms with van der Waals surface area (Å²) in [6, 6.07) is 7.60. The highest BCUT2D eigenvalue weighted by Gasteiger charge is 2.19. The highest BCUT2D eigenvalue weighted by atomic mass is 16.5. The lowest BCUT2D eigenvalue weighted by molar-refractivity contribution is 0.0526. The molecule has 0 saturated carbocycles. The first-order chi connectivity index (χ1) is 9.69. The van der Waals surface area contributed by atoms with Crippen LogP contribution in [0, 0.1) is 0 Å². The Labute approximate surface area is 117 Å². The Hall–Kier alpha value is -2.14. The maximum atomic E-state index is 12.1. The van der Waals surface area contributed by atoms with Gasteiger partial charge in [-0.05, 0) is 13.0 Å². The molecule has 0 radical (unpaired) electrons. The lowest BCUT2D eigenvalue weighted by Crippen LogP contribution is -2.24. The number of anilines is 1. The van der Waals surface area contributed by atoms with Gasteiger partial charge in [0.2, 0.25) is 0 Å². The number of para-hydroxylation sites is 1. The Morgan fingerprint density at radius 2 is 2.15 bits per heavy atom. The fourth-order valence-corrected chi connectivity index (χ4v) is 2.16. The zero-order valence-electron chi connectivity index (χ0n) is 11.7. The third kappa shape index (κ3) is 2.72.